The summed E-state index contributed by atoms with van der Waals surface area (Å²) in [6, 6.07) is 4.68. The number of carboxylic acids is 1. The van der Waals surface area contributed by atoms with Gasteiger partial charge in [-0.15, -0.1) is 11.3 Å². The number of aliphatic carboxylic acids is 1. The zero-order valence-electron chi connectivity index (χ0n) is 31.9. The molecule has 0 spiro atoms. The van der Waals surface area contributed by atoms with Gasteiger partial charge in [-0.05, 0) is 68.8 Å². The van der Waals surface area contributed by atoms with Crippen LogP contribution >= 0.6 is 11.3 Å². The first kappa shape index (κ1) is 42.7. The molecule has 1 aromatic carbocycles. The number of esters is 1. The van der Waals surface area contributed by atoms with E-state index in [0.29, 0.717) is 5.01 Å². The van der Waals surface area contributed by atoms with Crippen molar-refractivity contribution in [2.75, 3.05) is 20.6 Å². The van der Waals surface area contributed by atoms with Crippen molar-refractivity contribution in [3.8, 4) is 0 Å². The highest BCUT2D eigenvalue weighted by atomic mass is 32.1. The molecule has 0 saturated carbocycles. The lowest BCUT2D eigenvalue weighted by molar-refractivity contribution is -0.149. The number of amides is 2. The summed E-state index contributed by atoms with van der Waals surface area (Å²) in [5, 5.41) is 14.4. The second-order valence-electron chi connectivity index (χ2n) is 14.8. The molecule has 1 saturated heterocycles. The fraction of sp³-hybridized carbons (Fsp3) is 0.641. The van der Waals surface area contributed by atoms with Gasteiger partial charge < -0.3 is 20.1 Å². The molecule has 2 amide bonds. The van der Waals surface area contributed by atoms with Crippen LogP contribution in [0.5, 0.6) is 0 Å². The minimum Gasteiger partial charge on any atom is -0.481 e. The van der Waals surface area contributed by atoms with Crippen molar-refractivity contribution >= 4 is 40.9 Å². The predicted molar refractivity (Wildman–Crippen MR) is 198 cm³/mol. The Morgan fingerprint density at radius 1 is 1.10 bits per heavy atom. The molecule has 1 aromatic heterocycles. The molecular formula is C39H57FN4O7S. The SMILES string of the molecule is CC[C@H](C)C(CC(=O)C1CCCCN1C)C(=O)N(C)[C@H](C[C@@H](OC(C)=O)c1nc(C(=O)N[C@@H](Cc2ccc(F)cc2)C[C@H](C)C(=O)O)cs1)C(C)C. The summed E-state index contributed by atoms with van der Waals surface area (Å²) < 4.78 is 19.3. The highest BCUT2D eigenvalue weighted by molar-refractivity contribution is 7.09. The molecule has 0 aliphatic carbocycles. The molecule has 2 unspecified atom stereocenters. The van der Waals surface area contributed by atoms with Gasteiger partial charge in [-0.1, -0.05) is 59.6 Å². The Bertz CT molecular complexity index is 1520. The van der Waals surface area contributed by atoms with Gasteiger partial charge in [0, 0.05) is 50.2 Å². The molecular weight excluding hydrogens is 688 g/mol. The largest absolute Gasteiger partial charge is 0.481 e. The van der Waals surface area contributed by atoms with Gasteiger partial charge in [-0.3, -0.25) is 28.9 Å². The third kappa shape index (κ3) is 12.2. The molecule has 0 bridgehead atoms. The van der Waals surface area contributed by atoms with Crippen LogP contribution in [0.2, 0.25) is 0 Å². The molecule has 2 heterocycles. The Labute approximate surface area is 311 Å². The molecule has 1 aliphatic rings. The van der Waals surface area contributed by atoms with Gasteiger partial charge >= 0.3 is 11.9 Å². The number of carboxylic acid groups (broad SMARTS) is 1. The maximum absolute atomic E-state index is 14.2. The van der Waals surface area contributed by atoms with Crippen molar-refractivity contribution in [1.82, 2.24) is 20.1 Å². The Balaban J connectivity index is 1.81. The third-order valence-corrected chi connectivity index (χ3v) is 11.3. The normalized spacial score (nSPS) is 18.5. The van der Waals surface area contributed by atoms with E-state index in [1.807, 2.05) is 34.7 Å². The number of aromatic nitrogens is 1. The molecule has 288 valence electrons. The smallest absolute Gasteiger partial charge is 0.306 e. The van der Waals surface area contributed by atoms with Crippen molar-refractivity contribution in [1.29, 1.82) is 0 Å². The number of hydrogen-bond donors (Lipinski definition) is 2. The number of ether oxygens (including phenoxy) is 1. The first-order valence-corrected chi connectivity index (χ1v) is 19.3. The van der Waals surface area contributed by atoms with Crippen molar-refractivity contribution in [2.45, 2.75) is 117 Å². The number of Topliss-reactive ketones (excluding diaryl/α,β-unsaturated/α-hetero) is 1. The van der Waals surface area contributed by atoms with Crippen molar-refractivity contribution in [3.05, 3.63) is 51.7 Å². The fourth-order valence-electron chi connectivity index (χ4n) is 7.00. The summed E-state index contributed by atoms with van der Waals surface area (Å²) >= 11 is 1.15. The monoisotopic (exact) mass is 744 g/mol. The minimum atomic E-state index is -0.999. The molecule has 0 radical (unpaired) electrons. The molecule has 2 N–H and O–H groups in total. The van der Waals surface area contributed by atoms with Crippen LogP contribution in [-0.2, 0) is 30.3 Å². The van der Waals surface area contributed by atoms with Crippen molar-refractivity contribution < 1.29 is 38.2 Å². The van der Waals surface area contributed by atoms with Crippen LogP contribution in [0.1, 0.15) is 114 Å². The van der Waals surface area contributed by atoms with Gasteiger partial charge in [-0.25, -0.2) is 9.37 Å². The summed E-state index contributed by atoms with van der Waals surface area (Å²) in [7, 11) is 3.71. The number of carbonyl (C=O) groups excluding carboxylic acids is 4. The summed E-state index contributed by atoms with van der Waals surface area (Å²) in [6.07, 6.45) is 3.57. The highest BCUT2D eigenvalue weighted by Gasteiger charge is 2.37. The van der Waals surface area contributed by atoms with E-state index in [1.165, 1.54) is 19.1 Å². The number of carbonyl (C=O) groups is 5. The van der Waals surface area contributed by atoms with E-state index in [1.54, 1.807) is 36.4 Å². The van der Waals surface area contributed by atoms with Gasteiger partial charge in [0.2, 0.25) is 5.91 Å². The van der Waals surface area contributed by atoms with E-state index in [-0.39, 0.29) is 67.0 Å². The van der Waals surface area contributed by atoms with Gasteiger partial charge in [0.15, 0.2) is 11.9 Å². The van der Waals surface area contributed by atoms with E-state index in [4.69, 9.17) is 4.74 Å². The summed E-state index contributed by atoms with van der Waals surface area (Å²) in [5.74, 6) is -3.79. The Hall–Kier alpha value is -3.71. The maximum atomic E-state index is 14.2. The molecule has 7 atom stereocenters. The Morgan fingerprint density at radius 2 is 1.77 bits per heavy atom. The fourth-order valence-corrected chi connectivity index (χ4v) is 7.84. The standard InChI is InChI=1S/C39H57FN4O7S/c1-9-24(4)30(20-34(46)32-12-10-11-17-43(32)7)38(48)44(8)33(23(2)3)21-35(51-26(6)45)37-42-31(22-52-37)36(47)41-29(18-25(5)39(49)50)19-27-13-15-28(40)16-14-27/h13-16,22-25,29-30,32-33,35H,9-12,17-21H2,1-8H3,(H,41,47)(H,49,50)/t24-,25-,29+,30?,32?,33+,35+/m0/s1. The van der Waals surface area contributed by atoms with Crippen LogP contribution in [0.3, 0.4) is 0 Å². The van der Waals surface area contributed by atoms with E-state index in [2.05, 4.69) is 15.2 Å². The molecule has 1 fully saturated rings. The molecule has 1 aliphatic heterocycles. The Kier molecular flexibility index (Phi) is 16.4. The summed E-state index contributed by atoms with van der Waals surface area (Å²) in [4.78, 5) is 73.5. The van der Waals surface area contributed by atoms with Crippen LogP contribution in [0.4, 0.5) is 4.39 Å². The highest BCUT2D eigenvalue weighted by Crippen LogP contribution is 2.33. The lowest BCUT2D eigenvalue weighted by Gasteiger charge is -2.37. The molecule has 2 aromatic rings. The van der Waals surface area contributed by atoms with Crippen LogP contribution in [-0.4, -0.2) is 88.2 Å². The number of piperidine rings is 1. The van der Waals surface area contributed by atoms with E-state index >= 15 is 0 Å². The van der Waals surface area contributed by atoms with Crippen LogP contribution in [0.25, 0.3) is 0 Å². The third-order valence-electron chi connectivity index (χ3n) is 10.4. The number of likely N-dealkylation sites (tertiary alicyclic amines) is 1. The molecule has 52 heavy (non-hydrogen) atoms. The number of halogens is 1. The lowest BCUT2D eigenvalue weighted by Crippen LogP contribution is -2.48. The second kappa shape index (κ2) is 19.9. The summed E-state index contributed by atoms with van der Waals surface area (Å²) in [6.45, 7) is 11.7. The average molecular weight is 745 g/mol. The zero-order chi connectivity index (χ0) is 38.7. The number of nitrogens with one attached hydrogen (secondary N) is 1. The predicted octanol–water partition coefficient (Wildman–Crippen LogP) is 6.32. The molecule has 11 nitrogen and oxygen atoms in total. The number of benzene rings is 1. The average Bonchev–Trinajstić information content (AvgIpc) is 3.59. The van der Waals surface area contributed by atoms with Crippen molar-refractivity contribution in [3.63, 3.8) is 0 Å². The van der Waals surface area contributed by atoms with E-state index in [9.17, 15) is 33.5 Å². The lowest BCUT2D eigenvalue weighted by atomic mass is 9.83. The maximum Gasteiger partial charge on any atom is 0.306 e. The van der Waals surface area contributed by atoms with Crippen LogP contribution < -0.4 is 5.32 Å². The van der Waals surface area contributed by atoms with Gasteiger partial charge in [-0.2, -0.15) is 0 Å². The quantitative estimate of drug-likeness (QED) is 0.158. The number of likely N-dealkylation sites (N-methyl/N-ethyl adjacent to an activating group) is 1. The Morgan fingerprint density at radius 3 is 2.35 bits per heavy atom. The number of ketones is 1. The first-order chi connectivity index (χ1) is 24.5. The van der Waals surface area contributed by atoms with Crippen molar-refractivity contribution in [2.24, 2.45) is 23.7 Å². The van der Waals surface area contributed by atoms with Gasteiger partial charge in [0.1, 0.15) is 16.5 Å². The number of thiazole rings is 1. The molecule has 13 heteroatoms. The number of nitrogens with zero attached hydrogens (tertiary/aromatic N) is 3. The minimum absolute atomic E-state index is 0.0183. The number of hydrogen-bond acceptors (Lipinski definition) is 9. The second-order valence-corrected chi connectivity index (χ2v) is 15.7. The van der Waals surface area contributed by atoms with E-state index in [0.717, 1.165) is 49.1 Å². The van der Waals surface area contributed by atoms with Crippen LogP contribution in [0.15, 0.2) is 29.6 Å². The summed E-state index contributed by atoms with van der Waals surface area (Å²) in [5.41, 5.74) is 0.815. The number of rotatable bonds is 19. The molecule has 3 rings (SSSR count). The topological polar surface area (TPSA) is 146 Å². The van der Waals surface area contributed by atoms with Gasteiger partial charge in [0.05, 0.1) is 12.0 Å². The van der Waals surface area contributed by atoms with Crippen LogP contribution in [0, 0.1) is 29.5 Å². The van der Waals surface area contributed by atoms with E-state index < -0.39 is 47.6 Å². The van der Waals surface area contributed by atoms with Gasteiger partial charge in [0.25, 0.3) is 5.91 Å². The zero-order valence-corrected chi connectivity index (χ0v) is 32.7. The first-order valence-electron chi connectivity index (χ1n) is 18.4.